The second-order valence-electron chi connectivity index (χ2n) is 4.91. The summed E-state index contributed by atoms with van der Waals surface area (Å²) >= 11 is 5.86. The van der Waals surface area contributed by atoms with E-state index in [0.29, 0.717) is 23.8 Å². The number of carbonyl (C=O) groups excluding carboxylic acids is 1. The molecule has 5 heteroatoms. The van der Waals surface area contributed by atoms with Crippen molar-refractivity contribution >= 4 is 17.5 Å². The summed E-state index contributed by atoms with van der Waals surface area (Å²) in [5.74, 6) is 0.0102. The minimum Gasteiger partial charge on any atom is -0.334 e. The third kappa shape index (κ3) is 2.51. The lowest BCUT2D eigenvalue weighted by molar-refractivity contribution is 0.0725. The summed E-state index contributed by atoms with van der Waals surface area (Å²) in [6.45, 7) is 3.18. The number of aromatic nitrogens is 2. The van der Waals surface area contributed by atoms with Crippen LogP contribution in [0.25, 0.3) is 0 Å². The highest BCUT2D eigenvalue weighted by atomic mass is 35.5. The van der Waals surface area contributed by atoms with Crippen LogP contribution in [0.1, 0.15) is 27.3 Å². The van der Waals surface area contributed by atoms with Gasteiger partial charge in [-0.05, 0) is 30.7 Å². The summed E-state index contributed by atoms with van der Waals surface area (Å²) in [6, 6.07) is 7.38. The Balaban J connectivity index is 1.81. The van der Waals surface area contributed by atoms with Crippen molar-refractivity contribution in [2.24, 2.45) is 0 Å². The molecule has 0 fully saturated rings. The average Bonchev–Trinajstić information content (AvgIpc) is 2.44. The minimum atomic E-state index is 0.0102. The van der Waals surface area contributed by atoms with E-state index < -0.39 is 0 Å². The molecule has 102 valence electrons. The van der Waals surface area contributed by atoms with E-state index >= 15 is 0 Å². The molecule has 0 aliphatic carbocycles. The smallest absolute Gasteiger partial charge is 0.256 e. The molecule has 0 aromatic carbocycles. The molecule has 0 spiro atoms. The third-order valence-electron chi connectivity index (χ3n) is 3.42. The van der Waals surface area contributed by atoms with Crippen LogP contribution in [0, 0.1) is 6.92 Å². The van der Waals surface area contributed by atoms with Gasteiger partial charge in [-0.25, -0.2) is 4.98 Å². The van der Waals surface area contributed by atoms with E-state index in [2.05, 4.69) is 9.97 Å². The van der Waals surface area contributed by atoms with Crippen molar-refractivity contribution in [3.8, 4) is 0 Å². The van der Waals surface area contributed by atoms with Crippen molar-refractivity contribution in [1.29, 1.82) is 0 Å². The number of pyridine rings is 2. The van der Waals surface area contributed by atoms with Gasteiger partial charge < -0.3 is 4.90 Å². The molecule has 2 aromatic rings. The molecule has 1 amide bonds. The largest absolute Gasteiger partial charge is 0.334 e. The van der Waals surface area contributed by atoms with E-state index in [1.165, 1.54) is 0 Å². The summed E-state index contributed by atoms with van der Waals surface area (Å²) in [5.41, 5.74) is 3.46. The van der Waals surface area contributed by atoms with E-state index in [0.717, 1.165) is 23.4 Å². The van der Waals surface area contributed by atoms with Crippen molar-refractivity contribution < 1.29 is 4.79 Å². The first-order valence-electron chi connectivity index (χ1n) is 6.50. The highest BCUT2D eigenvalue weighted by Crippen LogP contribution is 2.21. The number of carbonyl (C=O) groups is 1. The van der Waals surface area contributed by atoms with E-state index in [1.807, 2.05) is 30.2 Å². The van der Waals surface area contributed by atoms with Crippen LogP contribution in [0.2, 0.25) is 5.15 Å². The Morgan fingerprint density at radius 3 is 2.90 bits per heavy atom. The first-order valence-corrected chi connectivity index (χ1v) is 6.87. The zero-order chi connectivity index (χ0) is 14.1. The van der Waals surface area contributed by atoms with Crippen LogP contribution in [0.5, 0.6) is 0 Å². The van der Waals surface area contributed by atoms with E-state index in [4.69, 9.17) is 11.6 Å². The van der Waals surface area contributed by atoms with Crippen LogP contribution in [0.3, 0.4) is 0 Å². The Hall–Kier alpha value is -1.94. The van der Waals surface area contributed by atoms with Crippen LogP contribution in [-0.2, 0) is 13.0 Å². The SMILES string of the molecule is Cc1ccc(CN2CCc3nc(Cl)ccc3C2=O)cn1. The number of halogens is 1. The van der Waals surface area contributed by atoms with E-state index in [9.17, 15) is 4.79 Å². The predicted octanol–water partition coefficient (Wildman–Crippen LogP) is 2.64. The van der Waals surface area contributed by atoms with Crippen molar-refractivity contribution in [3.05, 3.63) is 58.1 Å². The maximum atomic E-state index is 12.4. The normalized spacial score (nSPS) is 14.3. The van der Waals surface area contributed by atoms with Gasteiger partial charge in [-0.15, -0.1) is 0 Å². The summed E-state index contributed by atoms with van der Waals surface area (Å²) in [4.78, 5) is 22.7. The van der Waals surface area contributed by atoms with Crippen molar-refractivity contribution in [2.75, 3.05) is 6.54 Å². The second-order valence-corrected chi connectivity index (χ2v) is 5.30. The first kappa shape index (κ1) is 13.1. The van der Waals surface area contributed by atoms with Gasteiger partial charge in [0.1, 0.15) is 5.15 Å². The predicted molar refractivity (Wildman–Crippen MR) is 76.7 cm³/mol. The number of hydrogen-bond acceptors (Lipinski definition) is 3. The Kier molecular flexibility index (Phi) is 3.40. The molecule has 0 bridgehead atoms. The molecule has 0 atom stereocenters. The number of nitrogens with zero attached hydrogens (tertiary/aromatic N) is 3. The number of rotatable bonds is 2. The van der Waals surface area contributed by atoms with Gasteiger partial charge in [0, 0.05) is 31.4 Å². The lowest BCUT2D eigenvalue weighted by Crippen LogP contribution is -2.37. The fourth-order valence-electron chi connectivity index (χ4n) is 2.34. The molecule has 20 heavy (non-hydrogen) atoms. The fraction of sp³-hybridized carbons (Fsp3) is 0.267. The summed E-state index contributed by atoms with van der Waals surface area (Å²) < 4.78 is 0. The lowest BCUT2D eigenvalue weighted by atomic mass is 10.0. The molecule has 1 aliphatic heterocycles. The van der Waals surface area contributed by atoms with Crippen molar-refractivity contribution in [2.45, 2.75) is 19.9 Å². The maximum Gasteiger partial charge on any atom is 0.256 e. The molecule has 0 saturated heterocycles. The number of amides is 1. The standard InChI is InChI=1S/C15H14ClN3O/c1-10-2-3-11(8-17-10)9-19-7-6-13-12(15(19)20)4-5-14(16)18-13/h2-5,8H,6-7,9H2,1H3. The first-order chi connectivity index (χ1) is 9.63. The van der Waals surface area contributed by atoms with Crippen molar-refractivity contribution in [3.63, 3.8) is 0 Å². The fourth-order valence-corrected chi connectivity index (χ4v) is 2.50. The van der Waals surface area contributed by atoms with Gasteiger partial charge in [-0.3, -0.25) is 9.78 Å². The summed E-state index contributed by atoms with van der Waals surface area (Å²) in [6.07, 6.45) is 2.55. The molecule has 0 radical (unpaired) electrons. The molecular formula is C15H14ClN3O. The van der Waals surface area contributed by atoms with Crippen LogP contribution in [0.15, 0.2) is 30.5 Å². The van der Waals surface area contributed by atoms with E-state index in [-0.39, 0.29) is 5.91 Å². The van der Waals surface area contributed by atoms with Gasteiger partial charge in [0.15, 0.2) is 0 Å². The van der Waals surface area contributed by atoms with Gasteiger partial charge in [0.05, 0.1) is 11.3 Å². The molecule has 4 nitrogen and oxygen atoms in total. The zero-order valence-electron chi connectivity index (χ0n) is 11.1. The Morgan fingerprint density at radius 1 is 1.30 bits per heavy atom. The van der Waals surface area contributed by atoms with Crippen LogP contribution in [0.4, 0.5) is 0 Å². The molecule has 3 rings (SSSR count). The molecular weight excluding hydrogens is 274 g/mol. The molecule has 0 N–H and O–H groups in total. The van der Waals surface area contributed by atoms with Crippen LogP contribution in [-0.4, -0.2) is 27.3 Å². The van der Waals surface area contributed by atoms with Gasteiger partial charge in [0.2, 0.25) is 0 Å². The molecule has 0 saturated carbocycles. The van der Waals surface area contributed by atoms with Crippen molar-refractivity contribution in [1.82, 2.24) is 14.9 Å². The number of fused-ring (bicyclic) bond motifs is 1. The quantitative estimate of drug-likeness (QED) is 0.798. The van der Waals surface area contributed by atoms with Crippen LogP contribution < -0.4 is 0 Å². The average molecular weight is 288 g/mol. The molecule has 2 aromatic heterocycles. The summed E-state index contributed by atoms with van der Waals surface area (Å²) in [5, 5.41) is 0.438. The minimum absolute atomic E-state index is 0.0102. The maximum absolute atomic E-state index is 12.4. The van der Waals surface area contributed by atoms with E-state index in [1.54, 1.807) is 12.1 Å². The Morgan fingerprint density at radius 2 is 2.15 bits per heavy atom. The Bertz CT molecular complexity index is 655. The second kappa shape index (κ2) is 5.21. The van der Waals surface area contributed by atoms with Gasteiger partial charge in [-0.2, -0.15) is 0 Å². The highest BCUT2D eigenvalue weighted by Gasteiger charge is 2.25. The van der Waals surface area contributed by atoms with Crippen LogP contribution >= 0.6 is 11.6 Å². The molecule has 3 heterocycles. The number of aryl methyl sites for hydroxylation is 1. The van der Waals surface area contributed by atoms with Gasteiger partial charge in [-0.1, -0.05) is 17.7 Å². The van der Waals surface area contributed by atoms with Gasteiger partial charge >= 0.3 is 0 Å². The lowest BCUT2D eigenvalue weighted by Gasteiger charge is -2.28. The highest BCUT2D eigenvalue weighted by molar-refractivity contribution is 6.29. The monoisotopic (exact) mass is 287 g/mol. The molecule has 0 unspecified atom stereocenters. The van der Waals surface area contributed by atoms with Gasteiger partial charge in [0.25, 0.3) is 5.91 Å². The summed E-state index contributed by atoms with van der Waals surface area (Å²) in [7, 11) is 0. The topological polar surface area (TPSA) is 46.1 Å². The Labute approximate surface area is 122 Å². The third-order valence-corrected chi connectivity index (χ3v) is 3.63. The molecule has 1 aliphatic rings. The zero-order valence-corrected chi connectivity index (χ0v) is 11.9. The number of hydrogen-bond donors (Lipinski definition) is 0.